The fraction of sp³-hybridized carbons (Fsp3) is 0.833. The van der Waals surface area contributed by atoms with Crippen LogP contribution in [0.25, 0.3) is 0 Å². The monoisotopic (exact) mass is 306 g/mol. The second-order valence-corrected chi connectivity index (χ2v) is 8.12. The highest BCUT2D eigenvalue weighted by Gasteiger charge is 2.41. The lowest BCUT2D eigenvalue weighted by molar-refractivity contribution is 0.0265. The first-order valence-electron chi connectivity index (χ1n) is 8.81. The summed E-state index contributed by atoms with van der Waals surface area (Å²) in [5.41, 5.74) is 1.04. The van der Waals surface area contributed by atoms with E-state index in [2.05, 4.69) is 11.4 Å². The Morgan fingerprint density at radius 1 is 1.32 bits per heavy atom. The Morgan fingerprint density at radius 3 is 2.41 bits per heavy atom. The molecule has 0 radical (unpaired) electrons. The van der Waals surface area contributed by atoms with Crippen molar-refractivity contribution < 1.29 is 9.53 Å². The Balaban J connectivity index is 1.43. The van der Waals surface area contributed by atoms with Gasteiger partial charge in [0.25, 0.3) is 0 Å². The number of amides is 1. The third kappa shape index (κ3) is 4.48. The summed E-state index contributed by atoms with van der Waals surface area (Å²) in [5, 5.41) is 3.79. The third-order valence-electron chi connectivity index (χ3n) is 4.78. The maximum absolute atomic E-state index is 12.0. The highest BCUT2D eigenvalue weighted by Crippen LogP contribution is 2.44. The first-order chi connectivity index (χ1) is 10.4. The highest BCUT2D eigenvalue weighted by atomic mass is 16.6. The van der Waals surface area contributed by atoms with Gasteiger partial charge < -0.3 is 15.0 Å². The van der Waals surface area contributed by atoms with Crippen LogP contribution in [0.1, 0.15) is 52.9 Å². The van der Waals surface area contributed by atoms with E-state index in [4.69, 9.17) is 4.74 Å². The summed E-state index contributed by atoms with van der Waals surface area (Å²) >= 11 is 0. The van der Waals surface area contributed by atoms with Crippen molar-refractivity contribution in [2.75, 3.05) is 19.6 Å². The van der Waals surface area contributed by atoms with E-state index in [1.54, 1.807) is 4.90 Å². The molecule has 3 rings (SSSR count). The van der Waals surface area contributed by atoms with Gasteiger partial charge >= 0.3 is 6.09 Å². The van der Waals surface area contributed by atoms with E-state index in [1.807, 2.05) is 20.8 Å². The van der Waals surface area contributed by atoms with Gasteiger partial charge in [-0.25, -0.2) is 4.79 Å². The molecule has 0 atom stereocenters. The zero-order valence-corrected chi connectivity index (χ0v) is 14.2. The summed E-state index contributed by atoms with van der Waals surface area (Å²) in [5.74, 6) is 1.88. The molecule has 1 aliphatic heterocycles. The van der Waals surface area contributed by atoms with Crippen LogP contribution in [0.3, 0.4) is 0 Å². The second kappa shape index (κ2) is 6.23. The molecule has 0 aromatic heterocycles. The van der Waals surface area contributed by atoms with Crippen LogP contribution in [-0.4, -0.2) is 42.3 Å². The standard InChI is InChI=1S/C18H30N2O2/c1-18(2,3)22-17(21)20-10-8-13(9-11-20)12-19-16(14-4-5-14)15-6-7-15/h8,14-16,19H,4-7,9-12H2,1-3H3. The fourth-order valence-electron chi connectivity index (χ4n) is 3.24. The van der Waals surface area contributed by atoms with Gasteiger partial charge in [-0.1, -0.05) is 11.6 Å². The Labute approximate surface area is 134 Å². The van der Waals surface area contributed by atoms with Gasteiger partial charge in [0.15, 0.2) is 0 Å². The Hall–Kier alpha value is -1.03. The van der Waals surface area contributed by atoms with E-state index in [0.717, 1.165) is 37.4 Å². The molecule has 0 aromatic rings. The lowest BCUT2D eigenvalue weighted by Crippen LogP contribution is -2.41. The van der Waals surface area contributed by atoms with Crippen LogP contribution >= 0.6 is 0 Å². The van der Waals surface area contributed by atoms with Crippen molar-refractivity contribution in [3.63, 3.8) is 0 Å². The van der Waals surface area contributed by atoms with E-state index in [0.29, 0.717) is 6.54 Å². The van der Waals surface area contributed by atoms with Crippen LogP contribution in [0.5, 0.6) is 0 Å². The zero-order valence-electron chi connectivity index (χ0n) is 14.2. The van der Waals surface area contributed by atoms with Gasteiger partial charge in [0, 0.05) is 25.7 Å². The molecule has 2 aliphatic carbocycles. The van der Waals surface area contributed by atoms with Crippen molar-refractivity contribution in [3.8, 4) is 0 Å². The molecular weight excluding hydrogens is 276 g/mol. The van der Waals surface area contributed by atoms with Gasteiger partial charge in [0.2, 0.25) is 0 Å². The fourth-order valence-corrected chi connectivity index (χ4v) is 3.24. The van der Waals surface area contributed by atoms with Crippen LogP contribution in [0.15, 0.2) is 11.6 Å². The number of hydrogen-bond donors (Lipinski definition) is 1. The third-order valence-corrected chi connectivity index (χ3v) is 4.78. The van der Waals surface area contributed by atoms with Crippen molar-refractivity contribution in [3.05, 3.63) is 11.6 Å². The number of nitrogens with zero attached hydrogens (tertiary/aromatic N) is 1. The van der Waals surface area contributed by atoms with Gasteiger partial charge in [0.1, 0.15) is 5.60 Å². The molecule has 1 N–H and O–H groups in total. The first kappa shape index (κ1) is 15.9. The maximum atomic E-state index is 12.0. The zero-order chi connectivity index (χ0) is 15.7. The van der Waals surface area contributed by atoms with Crippen LogP contribution in [-0.2, 0) is 4.74 Å². The van der Waals surface area contributed by atoms with Gasteiger partial charge in [-0.2, -0.15) is 0 Å². The molecule has 3 aliphatic rings. The molecule has 0 spiro atoms. The number of carbonyl (C=O) groups excluding carboxylic acids is 1. The lowest BCUT2D eigenvalue weighted by Gasteiger charge is -2.30. The summed E-state index contributed by atoms with van der Waals surface area (Å²) in [4.78, 5) is 13.8. The van der Waals surface area contributed by atoms with E-state index < -0.39 is 5.60 Å². The van der Waals surface area contributed by atoms with Gasteiger partial charge in [0.05, 0.1) is 0 Å². The minimum atomic E-state index is -0.412. The van der Waals surface area contributed by atoms with Crippen LogP contribution < -0.4 is 5.32 Å². The van der Waals surface area contributed by atoms with Crippen LogP contribution in [0, 0.1) is 11.8 Å². The van der Waals surface area contributed by atoms with Crippen molar-refractivity contribution >= 4 is 6.09 Å². The van der Waals surface area contributed by atoms with Crippen molar-refractivity contribution in [1.29, 1.82) is 0 Å². The number of hydrogen-bond acceptors (Lipinski definition) is 3. The van der Waals surface area contributed by atoms with E-state index >= 15 is 0 Å². The Bertz CT molecular complexity index is 432. The summed E-state index contributed by atoms with van der Waals surface area (Å²) in [6.45, 7) is 8.20. The average molecular weight is 306 g/mol. The highest BCUT2D eigenvalue weighted by molar-refractivity contribution is 5.68. The van der Waals surface area contributed by atoms with Crippen molar-refractivity contribution in [1.82, 2.24) is 10.2 Å². The number of nitrogens with one attached hydrogen (secondary N) is 1. The minimum Gasteiger partial charge on any atom is -0.444 e. The maximum Gasteiger partial charge on any atom is 0.410 e. The minimum absolute atomic E-state index is 0.190. The summed E-state index contributed by atoms with van der Waals surface area (Å²) in [6, 6.07) is 0.754. The summed E-state index contributed by atoms with van der Waals surface area (Å²) in [6.07, 6.45) is 8.65. The molecule has 1 amide bonds. The topological polar surface area (TPSA) is 41.6 Å². The molecule has 2 saturated carbocycles. The molecular formula is C18H30N2O2. The average Bonchev–Trinajstić information content (AvgIpc) is 3.32. The predicted molar refractivity (Wildman–Crippen MR) is 87.7 cm³/mol. The van der Waals surface area contributed by atoms with E-state index in [1.165, 1.54) is 31.3 Å². The summed E-state index contributed by atoms with van der Waals surface area (Å²) < 4.78 is 5.43. The van der Waals surface area contributed by atoms with Crippen molar-refractivity contribution in [2.45, 2.75) is 64.5 Å². The van der Waals surface area contributed by atoms with Gasteiger partial charge in [-0.3, -0.25) is 0 Å². The van der Waals surface area contributed by atoms with Crippen LogP contribution in [0.2, 0.25) is 0 Å². The Morgan fingerprint density at radius 2 is 1.95 bits per heavy atom. The molecule has 124 valence electrons. The van der Waals surface area contributed by atoms with Gasteiger partial charge in [-0.15, -0.1) is 0 Å². The van der Waals surface area contributed by atoms with Gasteiger partial charge in [-0.05, 0) is 64.7 Å². The molecule has 1 heterocycles. The molecule has 22 heavy (non-hydrogen) atoms. The number of carbonyl (C=O) groups is 1. The Kier molecular flexibility index (Phi) is 4.49. The smallest absolute Gasteiger partial charge is 0.410 e. The molecule has 2 fully saturated rings. The summed E-state index contributed by atoms with van der Waals surface area (Å²) in [7, 11) is 0. The predicted octanol–water partition coefficient (Wildman–Crippen LogP) is 3.33. The number of ether oxygens (including phenoxy) is 1. The number of rotatable bonds is 5. The lowest BCUT2D eigenvalue weighted by atomic mass is 10.0. The first-order valence-corrected chi connectivity index (χ1v) is 8.81. The van der Waals surface area contributed by atoms with E-state index in [-0.39, 0.29) is 6.09 Å². The largest absolute Gasteiger partial charge is 0.444 e. The molecule has 0 saturated heterocycles. The van der Waals surface area contributed by atoms with Crippen molar-refractivity contribution in [2.24, 2.45) is 11.8 Å². The molecule has 0 bridgehead atoms. The van der Waals surface area contributed by atoms with E-state index in [9.17, 15) is 4.79 Å². The normalized spacial score (nSPS) is 22.7. The molecule has 0 aromatic carbocycles. The molecule has 4 nitrogen and oxygen atoms in total. The SMILES string of the molecule is CC(C)(C)OC(=O)N1CC=C(CNC(C2CC2)C2CC2)CC1. The second-order valence-electron chi connectivity index (χ2n) is 8.12. The quantitative estimate of drug-likeness (QED) is 0.792. The molecule has 0 unspecified atom stereocenters. The van der Waals surface area contributed by atoms with Crippen LogP contribution in [0.4, 0.5) is 4.79 Å². The molecule has 4 heteroatoms.